The van der Waals surface area contributed by atoms with Gasteiger partial charge >= 0.3 is 0 Å². The van der Waals surface area contributed by atoms with Crippen molar-refractivity contribution < 1.29 is 21.6 Å². The summed E-state index contributed by atoms with van der Waals surface area (Å²) in [7, 11) is -7.96. The molecule has 0 aliphatic carbocycles. The molecule has 25 heavy (non-hydrogen) atoms. The zero-order valence-corrected chi connectivity index (χ0v) is 15.5. The number of H-pyrrole nitrogens is 1. The van der Waals surface area contributed by atoms with Crippen LogP contribution in [0.1, 0.15) is 23.6 Å². The monoisotopic (exact) mass is 385 g/mol. The molecule has 0 bridgehead atoms. The van der Waals surface area contributed by atoms with E-state index in [2.05, 4.69) is 9.97 Å². The number of hydrogen-bond acceptors (Lipinski definition) is 6. The molecule has 8 nitrogen and oxygen atoms in total. The molecule has 1 N–H and O–H groups in total. The fourth-order valence-electron chi connectivity index (χ4n) is 3.06. The highest BCUT2D eigenvalue weighted by Crippen LogP contribution is 2.38. The molecule has 136 valence electrons. The smallest absolute Gasteiger partial charge is 0.245 e. The van der Waals surface area contributed by atoms with Crippen molar-refractivity contribution in [2.75, 3.05) is 22.8 Å². The molecule has 1 atom stereocenters. The molecule has 1 aromatic carbocycles. The Hall–Kier alpha value is -2.07. The number of benzene rings is 1. The molecule has 0 saturated heterocycles. The molecule has 1 aliphatic rings. The molecule has 0 spiro atoms. The number of nitrogens with one attached hydrogen (secondary N) is 1. The van der Waals surface area contributed by atoms with Crippen LogP contribution in [-0.4, -0.2) is 45.9 Å². The first-order valence-electron chi connectivity index (χ1n) is 7.61. The number of nitrogens with zero attached hydrogens (tertiary/aromatic N) is 2. The van der Waals surface area contributed by atoms with Gasteiger partial charge in [0.2, 0.25) is 20.0 Å². The van der Waals surface area contributed by atoms with Crippen LogP contribution in [0.3, 0.4) is 0 Å². The number of aromatic nitrogens is 2. The Morgan fingerprint density at radius 2 is 1.96 bits per heavy atom. The van der Waals surface area contributed by atoms with Crippen LogP contribution in [0, 0.1) is 0 Å². The van der Waals surface area contributed by atoms with Crippen molar-refractivity contribution in [3.05, 3.63) is 42.0 Å². The highest BCUT2D eigenvalue weighted by atomic mass is 32.3. The Kier molecular flexibility index (Phi) is 4.50. The Morgan fingerprint density at radius 3 is 2.56 bits per heavy atom. The maximum absolute atomic E-state index is 12.0. The van der Waals surface area contributed by atoms with Gasteiger partial charge in [-0.3, -0.25) is 0 Å². The molecule has 10 heteroatoms. The number of anilines is 1. The predicted octanol–water partition coefficient (Wildman–Crippen LogP) is 1.24. The highest BCUT2D eigenvalue weighted by molar-refractivity contribution is 8.09. The van der Waals surface area contributed by atoms with Gasteiger partial charge < -0.3 is 9.72 Å². The zero-order chi connectivity index (χ0) is 18.2. The Morgan fingerprint density at radius 1 is 1.24 bits per heavy atom. The molecule has 1 aromatic heterocycles. The van der Waals surface area contributed by atoms with Gasteiger partial charge in [-0.15, -0.1) is 0 Å². The van der Waals surface area contributed by atoms with E-state index in [0.29, 0.717) is 22.5 Å². The number of sulfonamides is 2. The molecular formula is C15H19N3O5S2. The molecule has 0 amide bonds. The van der Waals surface area contributed by atoms with E-state index in [1.807, 2.05) is 0 Å². The van der Waals surface area contributed by atoms with Crippen molar-refractivity contribution in [3.63, 3.8) is 0 Å². The van der Waals surface area contributed by atoms with Crippen molar-refractivity contribution in [1.29, 1.82) is 0 Å². The largest absolute Gasteiger partial charge is 0.493 e. The fraction of sp³-hybridized carbons (Fsp3) is 0.400. The first-order chi connectivity index (χ1) is 11.7. The second-order valence-electron chi connectivity index (χ2n) is 6.04. The van der Waals surface area contributed by atoms with Crippen LogP contribution in [0.2, 0.25) is 0 Å². The molecule has 1 aliphatic heterocycles. The summed E-state index contributed by atoms with van der Waals surface area (Å²) in [6.07, 6.45) is 6.53. The predicted molar refractivity (Wildman–Crippen MR) is 93.8 cm³/mol. The zero-order valence-electron chi connectivity index (χ0n) is 13.8. The van der Waals surface area contributed by atoms with Gasteiger partial charge in [0.25, 0.3) is 0 Å². The fourth-order valence-corrected chi connectivity index (χ4v) is 6.02. The van der Waals surface area contributed by atoms with E-state index in [0.717, 1.165) is 30.2 Å². The van der Waals surface area contributed by atoms with Crippen molar-refractivity contribution in [3.8, 4) is 5.75 Å². The highest BCUT2D eigenvalue weighted by Gasteiger charge is 2.30. The average molecular weight is 385 g/mol. The molecule has 0 radical (unpaired) electrons. The summed E-state index contributed by atoms with van der Waals surface area (Å²) in [6.45, 7) is 0.545. The Balaban J connectivity index is 2.05. The van der Waals surface area contributed by atoms with E-state index in [4.69, 9.17) is 4.74 Å². The van der Waals surface area contributed by atoms with E-state index >= 15 is 0 Å². The van der Waals surface area contributed by atoms with Gasteiger partial charge in [-0.05, 0) is 42.5 Å². The summed E-state index contributed by atoms with van der Waals surface area (Å²) >= 11 is 0. The number of fused-ring (bicyclic) bond motifs is 1. The van der Waals surface area contributed by atoms with Gasteiger partial charge in [0, 0.05) is 6.20 Å². The lowest BCUT2D eigenvalue weighted by Crippen LogP contribution is -2.35. The molecule has 2 heterocycles. The number of aromatic amines is 1. The first kappa shape index (κ1) is 17.7. The lowest BCUT2D eigenvalue weighted by atomic mass is 9.89. The number of rotatable bonds is 5. The lowest BCUT2D eigenvalue weighted by Gasteiger charge is -2.28. The van der Waals surface area contributed by atoms with Gasteiger partial charge in [-0.2, -0.15) is 3.71 Å². The number of imidazole rings is 1. The van der Waals surface area contributed by atoms with Crippen LogP contribution in [0.15, 0.2) is 30.7 Å². The molecule has 1 unspecified atom stereocenters. The second-order valence-corrected chi connectivity index (χ2v) is 9.94. The third-order valence-electron chi connectivity index (χ3n) is 3.98. The SMILES string of the molecule is CS(=O)(=O)N(c1ccc2c(c1)C(Cc1c[nH]cn1)CCO2)S(C)(=O)=O. The third-order valence-corrected chi connectivity index (χ3v) is 7.23. The van der Waals surface area contributed by atoms with Gasteiger partial charge in [-0.1, -0.05) is 0 Å². The summed E-state index contributed by atoms with van der Waals surface area (Å²) in [5.41, 5.74) is 1.75. The van der Waals surface area contributed by atoms with E-state index in [1.165, 1.54) is 6.07 Å². The number of ether oxygens (including phenoxy) is 1. The first-order valence-corrected chi connectivity index (χ1v) is 11.3. The summed E-state index contributed by atoms with van der Waals surface area (Å²) in [5, 5.41) is 0. The molecule has 0 saturated carbocycles. The van der Waals surface area contributed by atoms with E-state index in [9.17, 15) is 16.8 Å². The molecule has 2 aromatic rings. The minimum absolute atomic E-state index is 0.0629. The lowest BCUT2D eigenvalue weighted by molar-refractivity contribution is 0.266. The third kappa shape index (κ3) is 3.79. The van der Waals surface area contributed by atoms with E-state index in [-0.39, 0.29) is 11.6 Å². The summed E-state index contributed by atoms with van der Waals surface area (Å²) in [4.78, 5) is 7.12. The summed E-state index contributed by atoms with van der Waals surface area (Å²) in [6, 6.07) is 4.64. The Labute approximate surface area is 146 Å². The Bertz CT molecular complexity index is 937. The van der Waals surface area contributed by atoms with Crippen LogP contribution in [0.25, 0.3) is 0 Å². The number of hydrogen-bond donors (Lipinski definition) is 1. The quantitative estimate of drug-likeness (QED) is 0.829. The topological polar surface area (TPSA) is 109 Å². The standard InChI is InChI=1S/C15H19N3O5S2/c1-24(19,20)18(25(2,21)22)13-3-4-15-14(8-13)11(5-6-23-15)7-12-9-16-10-17-12/h3-4,8-11H,5-7H2,1-2H3,(H,16,17). The van der Waals surface area contributed by atoms with Gasteiger partial charge in [0.15, 0.2) is 0 Å². The molecule has 3 rings (SSSR count). The molecular weight excluding hydrogens is 366 g/mol. The average Bonchev–Trinajstić information content (AvgIpc) is 2.98. The van der Waals surface area contributed by atoms with E-state index in [1.54, 1.807) is 24.7 Å². The maximum atomic E-state index is 12.0. The minimum atomic E-state index is -3.98. The van der Waals surface area contributed by atoms with Crippen molar-refractivity contribution >= 4 is 25.7 Å². The van der Waals surface area contributed by atoms with Gasteiger partial charge in [0.05, 0.1) is 36.8 Å². The van der Waals surface area contributed by atoms with Crippen molar-refractivity contribution in [1.82, 2.24) is 9.97 Å². The van der Waals surface area contributed by atoms with Gasteiger partial charge in [-0.25, -0.2) is 21.8 Å². The van der Waals surface area contributed by atoms with Crippen LogP contribution in [0.5, 0.6) is 5.75 Å². The van der Waals surface area contributed by atoms with E-state index < -0.39 is 20.0 Å². The second kappa shape index (κ2) is 6.34. The van der Waals surface area contributed by atoms with Crippen molar-refractivity contribution in [2.45, 2.75) is 18.8 Å². The summed E-state index contributed by atoms with van der Waals surface area (Å²) < 4.78 is 54.0. The molecule has 0 fully saturated rings. The van der Waals surface area contributed by atoms with Crippen LogP contribution < -0.4 is 8.45 Å². The normalized spacial score (nSPS) is 17.6. The van der Waals surface area contributed by atoms with Crippen LogP contribution in [-0.2, 0) is 26.5 Å². The van der Waals surface area contributed by atoms with Gasteiger partial charge in [0.1, 0.15) is 5.75 Å². The van der Waals surface area contributed by atoms with Crippen LogP contribution >= 0.6 is 0 Å². The van der Waals surface area contributed by atoms with Crippen molar-refractivity contribution in [2.24, 2.45) is 0 Å². The minimum Gasteiger partial charge on any atom is -0.493 e. The maximum Gasteiger partial charge on any atom is 0.245 e. The van der Waals surface area contributed by atoms with Crippen LogP contribution in [0.4, 0.5) is 5.69 Å². The summed E-state index contributed by atoms with van der Waals surface area (Å²) in [5.74, 6) is 0.699.